The molecular weight excluding hydrogens is 507 g/mol. The van der Waals surface area contributed by atoms with Crippen molar-refractivity contribution in [2.45, 2.75) is 10.3 Å². The Balaban J connectivity index is 1.29. The third-order valence-electron chi connectivity index (χ3n) is 4.74. The van der Waals surface area contributed by atoms with Crippen LogP contribution in [0.4, 0.5) is 5.69 Å². The number of anilines is 1. The van der Waals surface area contributed by atoms with E-state index in [1.54, 1.807) is 29.6 Å². The van der Waals surface area contributed by atoms with E-state index in [4.69, 9.17) is 27.9 Å². The van der Waals surface area contributed by atoms with Crippen molar-refractivity contribution in [3.8, 4) is 5.75 Å². The predicted octanol–water partition coefficient (Wildman–Crippen LogP) is 4.43. The van der Waals surface area contributed by atoms with Gasteiger partial charge in [0, 0.05) is 24.5 Å². The molecule has 0 aliphatic rings. The molecule has 174 valence electrons. The lowest BCUT2D eigenvalue weighted by Gasteiger charge is -2.15. The van der Waals surface area contributed by atoms with Gasteiger partial charge in [0.25, 0.3) is 10.0 Å². The van der Waals surface area contributed by atoms with Crippen molar-refractivity contribution in [3.63, 3.8) is 0 Å². The molecule has 8 nitrogen and oxygen atoms in total. The van der Waals surface area contributed by atoms with Crippen LogP contribution >= 0.6 is 34.5 Å². The minimum Gasteiger partial charge on any atom is -0.492 e. The highest BCUT2D eigenvalue weighted by Gasteiger charge is 2.18. The lowest BCUT2D eigenvalue weighted by molar-refractivity contribution is 0.172. The average Bonchev–Trinajstić information content (AvgIpc) is 3.46. The van der Waals surface area contributed by atoms with Crippen LogP contribution in [0, 0.1) is 0 Å². The molecule has 12 heteroatoms. The molecule has 0 amide bonds. The molecule has 2 aromatic heterocycles. The number of aliphatic hydroxyl groups is 1. The fourth-order valence-corrected chi connectivity index (χ4v) is 5.57. The number of thiophene rings is 1. The number of nitrogens with zero attached hydrogens (tertiary/aromatic N) is 1. The first-order chi connectivity index (χ1) is 15.8. The van der Waals surface area contributed by atoms with Crippen LogP contribution in [0.1, 0.15) is 11.7 Å². The van der Waals surface area contributed by atoms with Gasteiger partial charge < -0.3 is 15.2 Å². The molecule has 33 heavy (non-hydrogen) atoms. The van der Waals surface area contributed by atoms with Gasteiger partial charge >= 0.3 is 0 Å². The molecule has 2 aromatic carbocycles. The summed E-state index contributed by atoms with van der Waals surface area (Å²) in [6.07, 6.45) is -0.866. The van der Waals surface area contributed by atoms with Gasteiger partial charge in [-0.3, -0.25) is 9.82 Å². The van der Waals surface area contributed by atoms with E-state index in [9.17, 15) is 13.5 Å². The van der Waals surface area contributed by atoms with Gasteiger partial charge in [-0.25, -0.2) is 8.42 Å². The minimum absolute atomic E-state index is 0.181. The number of hydrogen-bond acceptors (Lipinski definition) is 7. The Morgan fingerprint density at radius 2 is 2.03 bits per heavy atom. The summed E-state index contributed by atoms with van der Waals surface area (Å²) in [6, 6.07) is 13.3. The minimum atomic E-state index is -3.74. The molecule has 0 bridgehead atoms. The van der Waals surface area contributed by atoms with E-state index in [0.717, 1.165) is 16.7 Å². The summed E-state index contributed by atoms with van der Waals surface area (Å²) < 4.78 is 33.3. The van der Waals surface area contributed by atoms with E-state index in [2.05, 4.69) is 20.2 Å². The number of halogens is 2. The number of rotatable bonds is 10. The lowest BCUT2D eigenvalue weighted by atomic mass is 10.1. The monoisotopic (exact) mass is 526 g/mol. The van der Waals surface area contributed by atoms with Crippen LogP contribution in [-0.4, -0.2) is 43.4 Å². The SMILES string of the molecule is O=S(=O)(Nc1cc([C@@H](O)CNCCOc2ccc3c(Cl)[nH]nc3c2)ccc1Cl)c1cccs1. The second-order valence-corrected chi connectivity index (χ2v) is 10.7. The number of ether oxygens (including phenoxy) is 1. The van der Waals surface area contributed by atoms with E-state index in [1.807, 2.05) is 12.1 Å². The molecule has 2 heterocycles. The number of aromatic amines is 1. The number of benzene rings is 2. The van der Waals surface area contributed by atoms with Crippen molar-refractivity contribution in [2.24, 2.45) is 0 Å². The van der Waals surface area contributed by atoms with Crippen LogP contribution in [0.15, 0.2) is 58.1 Å². The number of nitrogens with one attached hydrogen (secondary N) is 3. The highest BCUT2D eigenvalue weighted by atomic mass is 35.5. The first-order valence-corrected chi connectivity index (χ1v) is 13.0. The maximum Gasteiger partial charge on any atom is 0.271 e. The molecule has 4 aromatic rings. The average molecular weight is 527 g/mol. The zero-order valence-electron chi connectivity index (χ0n) is 17.1. The molecule has 0 spiro atoms. The highest BCUT2D eigenvalue weighted by Crippen LogP contribution is 2.29. The van der Waals surface area contributed by atoms with Crippen LogP contribution in [-0.2, 0) is 10.0 Å². The largest absolute Gasteiger partial charge is 0.492 e. The summed E-state index contributed by atoms with van der Waals surface area (Å²) >= 11 is 13.3. The molecule has 0 aliphatic carbocycles. The first kappa shape index (κ1) is 23.8. The Morgan fingerprint density at radius 1 is 1.18 bits per heavy atom. The summed E-state index contributed by atoms with van der Waals surface area (Å²) in [7, 11) is -3.74. The smallest absolute Gasteiger partial charge is 0.271 e. The zero-order valence-corrected chi connectivity index (χ0v) is 20.2. The van der Waals surface area contributed by atoms with Crippen LogP contribution in [0.25, 0.3) is 10.9 Å². The zero-order chi connectivity index (χ0) is 23.4. The van der Waals surface area contributed by atoms with Gasteiger partial charge in [0.1, 0.15) is 21.7 Å². The number of sulfonamides is 1. The molecular formula is C21H20Cl2N4O4S2. The van der Waals surface area contributed by atoms with Gasteiger partial charge in [0.05, 0.1) is 22.3 Å². The van der Waals surface area contributed by atoms with Crippen molar-refractivity contribution < 1.29 is 18.3 Å². The van der Waals surface area contributed by atoms with Gasteiger partial charge in [0.15, 0.2) is 0 Å². The summed E-state index contributed by atoms with van der Waals surface area (Å²) in [5, 5.41) is 23.6. The van der Waals surface area contributed by atoms with Crippen LogP contribution < -0.4 is 14.8 Å². The van der Waals surface area contributed by atoms with Crippen LogP contribution in [0.5, 0.6) is 5.75 Å². The van der Waals surface area contributed by atoms with Crippen LogP contribution in [0.3, 0.4) is 0 Å². The summed E-state index contributed by atoms with van der Waals surface area (Å²) in [5.41, 5.74) is 1.45. The number of hydrogen-bond donors (Lipinski definition) is 4. The quantitative estimate of drug-likeness (QED) is 0.227. The molecule has 0 aliphatic heterocycles. The molecule has 4 N–H and O–H groups in total. The predicted molar refractivity (Wildman–Crippen MR) is 131 cm³/mol. The number of fused-ring (bicyclic) bond motifs is 1. The van der Waals surface area contributed by atoms with Crippen molar-refractivity contribution in [3.05, 3.63) is 69.7 Å². The van der Waals surface area contributed by atoms with Crippen molar-refractivity contribution in [1.82, 2.24) is 15.5 Å². The van der Waals surface area contributed by atoms with Gasteiger partial charge in [-0.05, 0) is 41.3 Å². The van der Waals surface area contributed by atoms with Crippen molar-refractivity contribution in [2.75, 3.05) is 24.4 Å². The number of aromatic nitrogens is 2. The molecule has 4 rings (SSSR count). The molecule has 0 saturated heterocycles. The Labute approximate surface area is 204 Å². The van der Waals surface area contributed by atoms with E-state index in [1.165, 1.54) is 12.1 Å². The summed E-state index contributed by atoms with van der Waals surface area (Å²) in [5.74, 6) is 0.661. The number of aliphatic hydroxyl groups excluding tert-OH is 1. The summed E-state index contributed by atoms with van der Waals surface area (Å²) in [4.78, 5) is 0. The van der Waals surface area contributed by atoms with E-state index in [-0.39, 0.29) is 21.5 Å². The Hall–Kier alpha value is -2.34. The highest BCUT2D eigenvalue weighted by molar-refractivity contribution is 7.94. The van der Waals surface area contributed by atoms with Crippen molar-refractivity contribution in [1.29, 1.82) is 0 Å². The maximum absolute atomic E-state index is 12.5. The fraction of sp³-hybridized carbons (Fsp3) is 0.190. The Kier molecular flexibility index (Phi) is 7.42. The number of H-pyrrole nitrogens is 1. The molecule has 0 radical (unpaired) electrons. The Morgan fingerprint density at radius 3 is 2.82 bits per heavy atom. The summed E-state index contributed by atoms with van der Waals surface area (Å²) in [6.45, 7) is 1.11. The molecule has 0 saturated carbocycles. The topological polar surface area (TPSA) is 116 Å². The van der Waals surface area contributed by atoms with Gasteiger partial charge in [0.2, 0.25) is 0 Å². The molecule has 0 fully saturated rings. The van der Waals surface area contributed by atoms with E-state index >= 15 is 0 Å². The third-order valence-corrected chi connectivity index (χ3v) is 8.13. The van der Waals surface area contributed by atoms with Gasteiger partial charge in [-0.1, -0.05) is 35.3 Å². The van der Waals surface area contributed by atoms with E-state index < -0.39 is 16.1 Å². The fourth-order valence-electron chi connectivity index (χ4n) is 3.09. The second kappa shape index (κ2) is 10.3. The molecule has 0 unspecified atom stereocenters. The van der Waals surface area contributed by atoms with Crippen molar-refractivity contribution >= 4 is 61.2 Å². The lowest BCUT2D eigenvalue weighted by Crippen LogP contribution is -2.26. The van der Waals surface area contributed by atoms with E-state index in [0.29, 0.717) is 35.1 Å². The first-order valence-electron chi connectivity index (χ1n) is 9.84. The maximum atomic E-state index is 12.5. The van der Waals surface area contributed by atoms with Gasteiger partial charge in [-0.15, -0.1) is 11.3 Å². The second-order valence-electron chi connectivity index (χ2n) is 7.06. The Bertz CT molecular complexity index is 1340. The van der Waals surface area contributed by atoms with Crippen LogP contribution in [0.2, 0.25) is 10.2 Å². The van der Waals surface area contributed by atoms with Gasteiger partial charge in [-0.2, -0.15) is 5.10 Å². The third kappa shape index (κ3) is 5.78. The normalized spacial score (nSPS) is 12.7. The standard InChI is InChI=1S/C21H20Cl2N4O4S2/c22-16-6-3-13(10-18(16)27-33(29,30)20-2-1-9-32-20)19(28)12-24-7-8-31-14-4-5-15-17(11-14)25-26-21(15)23/h1-6,9-11,19,24,27-28H,7-8,12H2,(H,25,26)/t19-/m0/s1. The molecule has 1 atom stereocenters.